The normalized spacial score (nSPS) is 16.4. The van der Waals surface area contributed by atoms with E-state index in [2.05, 4.69) is 23.3 Å². The van der Waals surface area contributed by atoms with E-state index >= 15 is 0 Å². The molecule has 0 bridgehead atoms. The molecule has 0 atom stereocenters. The monoisotopic (exact) mass is 260 g/mol. The van der Waals surface area contributed by atoms with Crippen molar-refractivity contribution in [2.45, 2.75) is 77.2 Å². The molecule has 0 aliphatic heterocycles. The lowest BCUT2D eigenvalue weighted by atomic mass is 9.86. The first-order chi connectivity index (χ1) is 9.36. The van der Waals surface area contributed by atoms with E-state index in [-0.39, 0.29) is 0 Å². The molecule has 0 N–H and O–H groups in total. The molecule has 0 amide bonds. The van der Waals surface area contributed by atoms with Gasteiger partial charge in [-0.05, 0) is 19.3 Å². The van der Waals surface area contributed by atoms with Gasteiger partial charge in [-0.15, -0.1) is 5.10 Å². The Balaban J connectivity index is 2.05. The lowest BCUT2D eigenvalue weighted by Gasteiger charge is -2.22. The minimum Gasteiger partial charge on any atom is -0.248 e. The van der Waals surface area contributed by atoms with Crippen molar-refractivity contribution in [2.75, 3.05) is 0 Å². The van der Waals surface area contributed by atoms with Crippen molar-refractivity contribution in [2.24, 2.45) is 0 Å². The molecular weight excluding hydrogens is 236 g/mol. The van der Waals surface area contributed by atoms with Gasteiger partial charge in [-0.2, -0.15) is 5.26 Å². The smallest absolute Gasteiger partial charge is 0.186 e. The predicted molar refractivity (Wildman–Crippen MR) is 74.7 cm³/mol. The fourth-order valence-electron chi connectivity index (χ4n) is 3.03. The van der Waals surface area contributed by atoms with Gasteiger partial charge in [0.1, 0.15) is 6.07 Å². The Hall–Kier alpha value is -1.37. The molecule has 1 aliphatic carbocycles. The third-order valence-corrected chi connectivity index (χ3v) is 4.09. The Kier molecular flexibility index (Phi) is 5.38. The molecule has 104 valence electrons. The molecule has 1 aromatic rings. The summed E-state index contributed by atoms with van der Waals surface area (Å²) in [6.07, 6.45) is 11.2. The van der Waals surface area contributed by atoms with Crippen molar-refractivity contribution in [1.82, 2.24) is 15.0 Å². The second kappa shape index (κ2) is 7.28. The summed E-state index contributed by atoms with van der Waals surface area (Å²) in [6.45, 7) is 3.14. The zero-order chi connectivity index (χ0) is 13.5. The molecule has 1 heterocycles. The minimum atomic E-state index is 0.504. The highest BCUT2D eigenvalue weighted by Gasteiger charge is 2.24. The number of hydrogen-bond acceptors (Lipinski definition) is 3. The minimum absolute atomic E-state index is 0.504. The molecule has 0 aromatic carbocycles. The summed E-state index contributed by atoms with van der Waals surface area (Å²) in [6, 6.07) is 2.22. The molecular formula is C15H24N4. The number of nitriles is 1. The third-order valence-electron chi connectivity index (χ3n) is 4.09. The molecule has 4 nitrogen and oxygen atoms in total. The third kappa shape index (κ3) is 3.56. The summed E-state index contributed by atoms with van der Waals surface area (Å²) < 4.78 is 2.00. The van der Waals surface area contributed by atoms with Crippen LogP contribution in [0.3, 0.4) is 0 Å². The number of hydrogen-bond donors (Lipinski definition) is 0. The standard InChI is InChI=1S/C15H24N4/c1-2-3-4-8-11-19-15(14(12-16)17-18-19)13-9-6-5-7-10-13/h13H,2-11H2,1H3. The van der Waals surface area contributed by atoms with E-state index in [4.69, 9.17) is 0 Å². The topological polar surface area (TPSA) is 54.5 Å². The van der Waals surface area contributed by atoms with Crippen LogP contribution in [0.1, 0.15) is 82.0 Å². The summed E-state index contributed by atoms with van der Waals surface area (Å²) in [5, 5.41) is 17.5. The Morgan fingerprint density at radius 3 is 2.68 bits per heavy atom. The van der Waals surface area contributed by atoms with E-state index in [0.29, 0.717) is 11.6 Å². The van der Waals surface area contributed by atoms with Crippen LogP contribution in [-0.2, 0) is 6.54 Å². The summed E-state index contributed by atoms with van der Waals surface area (Å²) in [7, 11) is 0. The zero-order valence-corrected chi connectivity index (χ0v) is 11.9. The van der Waals surface area contributed by atoms with Gasteiger partial charge in [-0.1, -0.05) is 50.7 Å². The quantitative estimate of drug-likeness (QED) is 0.731. The maximum atomic E-state index is 9.21. The lowest BCUT2D eigenvalue weighted by Crippen LogP contribution is -2.13. The molecule has 0 spiro atoms. The maximum absolute atomic E-state index is 9.21. The van der Waals surface area contributed by atoms with E-state index < -0.39 is 0 Å². The molecule has 1 saturated carbocycles. The van der Waals surface area contributed by atoms with Crippen LogP contribution < -0.4 is 0 Å². The van der Waals surface area contributed by atoms with Crippen molar-refractivity contribution < 1.29 is 0 Å². The van der Waals surface area contributed by atoms with Crippen molar-refractivity contribution in [3.8, 4) is 6.07 Å². The Labute approximate surface area is 115 Å². The number of aromatic nitrogens is 3. The Morgan fingerprint density at radius 2 is 2.00 bits per heavy atom. The van der Waals surface area contributed by atoms with E-state index in [1.807, 2.05) is 4.68 Å². The van der Waals surface area contributed by atoms with Crippen LogP contribution in [0.5, 0.6) is 0 Å². The van der Waals surface area contributed by atoms with Gasteiger partial charge in [0.25, 0.3) is 0 Å². The Bertz CT molecular complexity index is 424. The first-order valence-electron chi connectivity index (χ1n) is 7.70. The molecule has 0 unspecified atom stereocenters. The lowest BCUT2D eigenvalue weighted by molar-refractivity contribution is 0.408. The highest BCUT2D eigenvalue weighted by Crippen LogP contribution is 2.33. The van der Waals surface area contributed by atoms with E-state index in [1.165, 1.54) is 51.4 Å². The Morgan fingerprint density at radius 1 is 1.21 bits per heavy atom. The first-order valence-corrected chi connectivity index (χ1v) is 7.70. The second-order valence-corrected chi connectivity index (χ2v) is 5.55. The zero-order valence-electron chi connectivity index (χ0n) is 11.9. The average Bonchev–Trinajstić information content (AvgIpc) is 2.87. The highest BCUT2D eigenvalue weighted by molar-refractivity contribution is 5.28. The van der Waals surface area contributed by atoms with Gasteiger partial charge in [0, 0.05) is 12.5 Å². The van der Waals surface area contributed by atoms with Gasteiger partial charge >= 0.3 is 0 Å². The number of aryl methyl sites for hydroxylation is 1. The van der Waals surface area contributed by atoms with Crippen molar-refractivity contribution >= 4 is 0 Å². The van der Waals surface area contributed by atoms with Gasteiger partial charge in [-0.25, -0.2) is 4.68 Å². The van der Waals surface area contributed by atoms with Crippen LogP contribution in [0.2, 0.25) is 0 Å². The van der Waals surface area contributed by atoms with Gasteiger partial charge in [0.15, 0.2) is 5.69 Å². The van der Waals surface area contributed by atoms with E-state index in [0.717, 1.165) is 18.7 Å². The van der Waals surface area contributed by atoms with Crippen LogP contribution >= 0.6 is 0 Å². The van der Waals surface area contributed by atoms with Crippen molar-refractivity contribution in [1.29, 1.82) is 5.26 Å². The van der Waals surface area contributed by atoms with Crippen LogP contribution in [0, 0.1) is 11.3 Å². The summed E-state index contributed by atoms with van der Waals surface area (Å²) in [5.41, 5.74) is 1.67. The molecule has 2 rings (SSSR count). The predicted octanol–water partition coefficient (Wildman–Crippen LogP) is 3.78. The number of unbranched alkanes of at least 4 members (excludes halogenated alkanes) is 3. The number of nitrogens with zero attached hydrogens (tertiary/aromatic N) is 4. The molecule has 19 heavy (non-hydrogen) atoms. The summed E-state index contributed by atoms with van der Waals surface area (Å²) in [5.74, 6) is 0.504. The SMILES string of the molecule is CCCCCCn1nnc(C#N)c1C1CCCCC1. The van der Waals surface area contributed by atoms with Crippen LogP contribution in [0.4, 0.5) is 0 Å². The highest BCUT2D eigenvalue weighted by atomic mass is 15.4. The maximum Gasteiger partial charge on any atom is 0.186 e. The molecule has 1 fully saturated rings. The van der Waals surface area contributed by atoms with E-state index in [1.54, 1.807) is 0 Å². The van der Waals surface area contributed by atoms with Crippen LogP contribution in [0.25, 0.3) is 0 Å². The van der Waals surface area contributed by atoms with Gasteiger partial charge in [-0.3, -0.25) is 0 Å². The molecule has 1 aliphatic rings. The van der Waals surface area contributed by atoms with Gasteiger partial charge in [0.2, 0.25) is 0 Å². The fraction of sp³-hybridized carbons (Fsp3) is 0.800. The van der Waals surface area contributed by atoms with Crippen molar-refractivity contribution in [3.63, 3.8) is 0 Å². The van der Waals surface area contributed by atoms with Crippen LogP contribution in [-0.4, -0.2) is 15.0 Å². The summed E-state index contributed by atoms with van der Waals surface area (Å²) >= 11 is 0. The fourth-order valence-corrected chi connectivity index (χ4v) is 3.03. The average molecular weight is 260 g/mol. The summed E-state index contributed by atoms with van der Waals surface area (Å²) in [4.78, 5) is 0. The second-order valence-electron chi connectivity index (χ2n) is 5.55. The van der Waals surface area contributed by atoms with Gasteiger partial charge < -0.3 is 0 Å². The van der Waals surface area contributed by atoms with E-state index in [9.17, 15) is 5.26 Å². The largest absolute Gasteiger partial charge is 0.248 e. The molecule has 4 heteroatoms. The molecule has 0 radical (unpaired) electrons. The van der Waals surface area contributed by atoms with Crippen molar-refractivity contribution in [3.05, 3.63) is 11.4 Å². The van der Waals surface area contributed by atoms with Gasteiger partial charge in [0.05, 0.1) is 5.69 Å². The number of rotatable bonds is 6. The molecule has 1 aromatic heterocycles. The van der Waals surface area contributed by atoms with Crippen LogP contribution in [0.15, 0.2) is 0 Å². The molecule has 0 saturated heterocycles. The first kappa shape index (κ1) is 14.0.